The van der Waals surface area contributed by atoms with Gasteiger partial charge < -0.3 is 10.4 Å². The molecular weight excluding hydrogens is 176 g/mol. The molecule has 1 aliphatic carbocycles. The summed E-state index contributed by atoms with van der Waals surface area (Å²) in [5.74, 6) is 0. The molecule has 0 aromatic rings. The highest BCUT2D eigenvalue weighted by Gasteiger charge is 2.33. The lowest BCUT2D eigenvalue weighted by molar-refractivity contribution is 0.133. The molecular formula is C11H22N2O. The van der Waals surface area contributed by atoms with Gasteiger partial charge in [-0.1, -0.05) is 0 Å². The third-order valence-corrected chi connectivity index (χ3v) is 3.39. The summed E-state index contributed by atoms with van der Waals surface area (Å²) in [6, 6.07) is 1.52. The SMILES string of the molecule is OCCN(C1CCCNCC1)C1CC1. The molecule has 14 heavy (non-hydrogen) atoms. The van der Waals surface area contributed by atoms with Gasteiger partial charge in [0, 0.05) is 18.6 Å². The molecule has 2 rings (SSSR count). The average molecular weight is 198 g/mol. The van der Waals surface area contributed by atoms with Crippen LogP contribution in [-0.2, 0) is 0 Å². The number of hydrogen-bond acceptors (Lipinski definition) is 3. The van der Waals surface area contributed by atoms with Gasteiger partial charge >= 0.3 is 0 Å². The molecule has 2 fully saturated rings. The Morgan fingerprint density at radius 2 is 1.86 bits per heavy atom. The standard InChI is InChI=1S/C11H22N2O/c14-9-8-13(11-3-4-11)10-2-1-6-12-7-5-10/h10-12,14H,1-9H2. The van der Waals surface area contributed by atoms with Crippen molar-refractivity contribution in [2.75, 3.05) is 26.2 Å². The molecule has 1 heterocycles. The highest BCUT2D eigenvalue weighted by atomic mass is 16.3. The van der Waals surface area contributed by atoms with Crippen molar-refractivity contribution in [3.05, 3.63) is 0 Å². The minimum Gasteiger partial charge on any atom is -0.395 e. The summed E-state index contributed by atoms with van der Waals surface area (Å²) in [6.45, 7) is 3.53. The first-order chi connectivity index (χ1) is 6.92. The summed E-state index contributed by atoms with van der Waals surface area (Å²) in [4.78, 5) is 2.55. The number of nitrogens with one attached hydrogen (secondary N) is 1. The molecule has 2 N–H and O–H groups in total. The Morgan fingerprint density at radius 3 is 2.57 bits per heavy atom. The molecule has 0 aromatic heterocycles. The van der Waals surface area contributed by atoms with Crippen LogP contribution in [-0.4, -0.2) is 48.3 Å². The Labute approximate surface area is 86.5 Å². The second-order valence-corrected chi connectivity index (χ2v) is 4.53. The lowest BCUT2D eigenvalue weighted by Crippen LogP contribution is -2.39. The molecule has 0 aromatic carbocycles. The van der Waals surface area contributed by atoms with Gasteiger partial charge in [0.15, 0.2) is 0 Å². The number of hydrogen-bond donors (Lipinski definition) is 2. The lowest BCUT2D eigenvalue weighted by atomic mass is 10.1. The van der Waals surface area contributed by atoms with E-state index in [4.69, 9.17) is 5.11 Å². The van der Waals surface area contributed by atoms with E-state index in [1.807, 2.05) is 0 Å². The van der Waals surface area contributed by atoms with Gasteiger partial charge in [-0.3, -0.25) is 4.90 Å². The van der Waals surface area contributed by atoms with E-state index in [1.54, 1.807) is 0 Å². The smallest absolute Gasteiger partial charge is 0.0558 e. The minimum atomic E-state index is 0.320. The molecule has 0 amide bonds. The first kappa shape index (κ1) is 10.4. The summed E-state index contributed by atoms with van der Waals surface area (Å²) in [7, 11) is 0. The van der Waals surface area contributed by atoms with Crippen LogP contribution in [0.2, 0.25) is 0 Å². The van der Waals surface area contributed by atoms with Crippen LogP contribution < -0.4 is 5.32 Å². The number of nitrogens with zero attached hydrogens (tertiary/aromatic N) is 1. The van der Waals surface area contributed by atoms with Gasteiger partial charge in [0.2, 0.25) is 0 Å². The van der Waals surface area contributed by atoms with Crippen molar-refractivity contribution in [2.45, 2.75) is 44.2 Å². The molecule has 3 heteroatoms. The van der Waals surface area contributed by atoms with E-state index in [2.05, 4.69) is 10.2 Å². The van der Waals surface area contributed by atoms with Crippen molar-refractivity contribution >= 4 is 0 Å². The fraction of sp³-hybridized carbons (Fsp3) is 1.00. The molecule has 0 bridgehead atoms. The van der Waals surface area contributed by atoms with Gasteiger partial charge in [-0.25, -0.2) is 0 Å². The average Bonchev–Trinajstić information content (AvgIpc) is 3.02. The van der Waals surface area contributed by atoms with E-state index in [0.717, 1.165) is 25.2 Å². The molecule has 0 spiro atoms. The summed E-state index contributed by atoms with van der Waals surface area (Å²) in [5.41, 5.74) is 0. The van der Waals surface area contributed by atoms with E-state index in [0.29, 0.717) is 6.61 Å². The number of aliphatic hydroxyl groups is 1. The predicted octanol–water partition coefficient (Wildman–Crippen LogP) is 0.585. The van der Waals surface area contributed by atoms with Gasteiger partial charge in [0.1, 0.15) is 0 Å². The van der Waals surface area contributed by atoms with E-state index >= 15 is 0 Å². The zero-order valence-electron chi connectivity index (χ0n) is 8.91. The third-order valence-electron chi connectivity index (χ3n) is 3.39. The van der Waals surface area contributed by atoms with Crippen molar-refractivity contribution < 1.29 is 5.11 Å². The predicted molar refractivity (Wildman–Crippen MR) is 57.3 cm³/mol. The molecule has 1 aliphatic heterocycles. The van der Waals surface area contributed by atoms with Gasteiger partial charge in [-0.15, -0.1) is 0 Å². The van der Waals surface area contributed by atoms with Crippen LogP contribution in [0.5, 0.6) is 0 Å². The van der Waals surface area contributed by atoms with Crippen LogP contribution in [0.15, 0.2) is 0 Å². The first-order valence-corrected chi connectivity index (χ1v) is 5.99. The highest BCUT2D eigenvalue weighted by Crippen LogP contribution is 2.30. The Morgan fingerprint density at radius 1 is 1.07 bits per heavy atom. The topological polar surface area (TPSA) is 35.5 Å². The zero-order chi connectivity index (χ0) is 9.80. The highest BCUT2D eigenvalue weighted by molar-refractivity contribution is 4.89. The minimum absolute atomic E-state index is 0.320. The maximum absolute atomic E-state index is 9.06. The van der Waals surface area contributed by atoms with Crippen molar-refractivity contribution in [1.82, 2.24) is 10.2 Å². The fourth-order valence-corrected chi connectivity index (χ4v) is 2.52. The Balaban J connectivity index is 1.86. The van der Waals surface area contributed by atoms with E-state index < -0.39 is 0 Å². The Kier molecular flexibility index (Phi) is 3.79. The molecule has 2 aliphatic rings. The van der Waals surface area contributed by atoms with Gasteiger partial charge in [0.25, 0.3) is 0 Å². The van der Waals surface area contributed by atoms with E-state index in [-0.39, 0.29) is 0 Å². The van der Waals surface area contributed by atoms with Crippen LogP contribution in [0.25, 0.3) is 0 Å². The third kappa shape index (κ3) is 2.69. The van der Waals surface area contributed by atoms with Crippen molar-refractivity contribution in [3.8, 4) is 0 Å². The second kappa shape index (κ2) is 5.10. The first-order valence-electron chi connectivity index (χ1n) is 5.99. The normalized spacial score (nSPS) is 29.1. The van der Waals surface area contributed by atoms with Crippen LogP contribution in [0.4, 0.5) is 0 Å². The second-order valence-electron chi connectivity index (χ2n) is 4.53. The van der Waals surface area contributed by atoms with Crippen LogP contribution >= 0.6 is 0 Å². The van der Waals surface area contributed by atoms with E-state index in [1.165, 1.54) is 38.6 Å². The van der Waals surface area contributed by atoms with E-state index in [9.17, 15) is 0 Å². The van der Waals surface area contributed by atoms with Gasteiger partial charge in [0.05, 0.1) is 6.61 Å². The summed E-state index contributed by atoms with van der Waals surface area (Å²) in [6.07, 6.45) is 6.56. The molecule has 3 nitrogen and oxygen atoms in total. The van der Waals surface area contributed by atoms with Gasteiger partial charge in [-0.05, 0) is 45.2 Å². The zero-order valence-corrected chi connectivity index (χ0v) is 8.91. The number of rotatable bonds is 4. The summed E-state index contributed by atoms with van der Waals surface area (Å²) >= 11 is 0. The molecule has 82 valence electrons. The lowest BCUT2D eigenvalue weighted by Gasteiger charge is -2.30. The van der Waals surface area contributed by atoms with Crippen LogP contribution in [0.3, 0.4) is 0 Å². The van der Waals surface area contributed by atoms with Gasteiger partial charge in [-0.2, -0.15) is 0 Å². The van der Waals surface area contributed by atoms with Crippen molar-refractivity contribution in [1.29, 1.82) is 0 Å². The Bertz CT molecular complexity index is 163. The monoisotopic (exact) mass is 198 g/mol. The Hall–Kier alpha value is -0.120. The molecule has 1 unspecified atom stereocenters. The molecule has 1 saturated heterocycles. The maximum atomic E-state index is 9.06. The van der Waals surface area contributed by atoms with Crippen LogP contribution in [0.1, 0.15) is 32.1 Å². The summed E-state index contributed by atoms with van der Waals surface area (Å²) < 4.78 is 0. The maximum Gasteiger partial charge on any atom is 0.0558 e. The summed E-state index contributed by atoms with van der Waals surface area (Å²) in [5, 5.41) is 12.5. The van der Waals surface area contributed by atoms with Crippen molar-refractivity contribution in [3.63, 3.8) is 0 Å². The quantitative estimate of drug-likeness (QED) is 0.694. The molecule has 0 radical (unpaired) electrons. The largest absolute Gasteiger partial charge is 0.395 e. The van der Waals surface area contributed by atoms with Crippen molar-refractivity contribution in [2.24, 2.45) is 0 Å². The molecule has 1 saturated carbocycles. The van der Waals surface area contributed by atoms with Crippen LogP contribution in [0, 0.1) is 0 Å². The fourth-order valence-electron chi connectivity index (χ4n) is 2.52. The number of aliphatic hydroxyl groups excluding tert-OH is 1. The molecule has 1 atom stereocenters.